The van der Waals surface area contributed by atoms with Crippen LogP contribution in [-0.2, 0) is 4.79 Å². The van der Waals surface area contributed by atoms with Gasteiger partial charge in [-0.2, -0.15) is 0 Å². The van der Waals surface area contributed by atoms with E-state index < -0.39 is 0 Å². The monoisotopic (exact) mass is 227 g/mol. The molecule has 1 rings (SSSR count). The van der Waals surface area contributed by atoms with Gasteiger partial charge in [0.2, 0.25) is 5.91 Å². The maximum absolute atomic E-state index is 11.7. The number of nitrogens with zero attached hydrogens (tertiary/aromatic N) is 1. The quantitative estimate of drug-likeness (QED) is 0.794. The zero-order valence-corrected chi connectivity index (χ0v) is 10.1. The molecule has 84 valence electrons. The first kappa shape index (κ1) is 12.1. The third kappa shape index (κ3) is 3.60. The largest absolute Gasteiger partial charge is 0.347 e. The Bertz CT molecular complexity index is 300. The van der Waals surface area contributed by atoms with Crippen molar-refractivity contribution in [1.29, 1.82) is 0 Å². The summed E-state index contributed by atoms with van der Waals surface area (Å²) < 4.78 is 0. The average molecular weight is 227 g/mol. The highest BCUT2D eigenvalue weighted by molar-refractivity contribution is 7.09. The molecule has 2 atom stereocenters. The van der Waals surface area contributed by atoms with Crippen LogP contribution in [0.1, 0.15) is 24.9 Å². The van der Waals surface area contributed by atoms with Crippen LogP contribution in [0.5, 0.6) is 0 Å². The van der Waals surface area contributed by atoms with Gasteiger partial charge in [0.1, 0.15) is 5.01 Å². The number of nitrogens with one attached hydrogen (secondary N) is 2. The molecule has 1 aromatic rings. The van der Waals surface area contributed by atoms with E-state index in [9.17, 15) is 4.79 Å². The highest BCUT2D eigenvalue weighted by Gasteiger charge is 2.16. The van der Waals surface area contributed by atoms with E-state index in [0.717, 1.165) is 5.01 Å². The van der Waals surface area contributed by atoms with E-state index in [1.165, 1.54) is 0 Å². The van der Waals surface area contributed by atoms with E-state index in [2.05, 4.69) is 15.6 Å². The molecule has 1 aromatic heterocycles. The van der Waals surface area contributed by atoms with Gasteiger partial charge in [-0.05, 0) is 14.0 Å². The lowest BCUT2D eigenvalue weighted by Crippen LogP contribution is -2.35. The van der Waals surface area contributed by atoms with Crippen LogP contribution in [0.15, 0.2) is 11.6 Å². The maximum atomic E-state index is 11.7. The molecule has 5 heteroatoms. The lowest BCUT2D eigenvalue weighted by atomic mass is 10.1. The molecule has 2 unspecified atom stereocenters. The molecule has 0 spiro atoms. The molecule has 15 heavy (non-hydrogen) atoms. The Hall–Kier alpha value is -0.940. The fourth-order valence-electron chi connectivity index (χ4n) is 1.26. The third-order valence-electron chi connectivity index (χ3n) is 2.14. The molecule has 0 aliphatic heterocycles. The lowest BCUT2D eigenvalue weighted by Gasteiger charge is -2.15. The number of amides is 1. The van der Waals surface area contributed by atoms with Crippen molar-refractivity contribution in [2.75, 3.05) is 13.6 Å². The molecule has 0 saturated carbocycles. The van der Waals surface area contributed by atoms with Crippen LogP contribution < -0.4 is 10.6 Å². The highest BCUT2D eigenvalue weighted by Crippen LogP contribution is 2.14. The predicted octanol–water partition coefficient (Wildman–Crippen LogP) is 1.18. The fourth-order valence-corrected chi connectivity index (χ4v) is 1.91. The van der Waals surface area contributed by atoms with Crippen LogP contribution >= 0.6 is 11.3 Å². The second kappa shape index (κ2) is 5.82. The van der Waals surface area contributed by atoms with Crippen molar-refractivity contribution in [2.24, 2.45) is 5.92 Å². The van der Waals surface area contributed by atoms with Gasteiger partial charge in [-0.3, -0.25) is 4.79 Å². The van der Waals surface area contributed by atoms with Crippen LogP contribution in [-0.4, -0.2) is 24.5 Å². The van der Waals surface area contributed by atoms with Gasteiger partial charge in [0.25, 0.3) is 0 Å². The van der Waals surface area contributed by atoms with E-state index in [-0.39, 0.29) is 17.9 Å². The van der Waals surface area contributed by atoms with E-state index in [1.54, 1.807) is 17.5 Å². The topological polar surface area (TPSA) is 54.0 Å². The van der Waals surface area contributed by atoms with Crippen molar-refractivity contribution in [2.45, 2.75) is 19.9 Å². The molecule has 0 radical (unpaired) electrons. The molecule has 0 bridgehead atoms. The molecule has 0 aliphatic rings. The number of carbonyl (C=O) groups excluding carboxylic acids is 1. The smallest absolute Gasteiger partial charge is 0.224 e. The summed E-state index contributed by atoms with van der Waals surface area (Å²) in [5, 5.41) is 8.77. The van der Waals surface area contributed by atoms with Crippen molar-refractivity contribution in [3.8, 4) is 0 Å². The highest BCUT2D eigenvalue weighted by atomic mass is 32.1. The van der Waals surface area contributed by atoms with Crippen LogP contribution in [0.4, 0.5) is 0 Å². The van der Waals surface area contributed by atoms with Gasteiger partial charge in [-0.15, -0.1) is 11.3 Å². The molecule has 0 saturated heterocycles. The first-order valence-corrected chi connectivity index (χ1v) is 5.87. The Morgan fingerprint density at radius 2 is 2.33 bits per heavy atom. The molecular weight excluding hydrogens is 210 g/mol. The minimum absolute atomic E-state index is 0.00296. The van der Waals surface area contributed by atoms with Crippen LogP contribution in [0.3, 0.4) is 0 Å². The summed E-state index contributed by atoms with van der Waals surface area (Å²) in [5.41, 5.74) is 0. The van der Waals surface area contributed by atoms with Crippen molar-refractivity contribution < 1.29 is 4.79 Å². The van der Waals surface area contributed by atoms with Gasteiger partial charge in [0.05, 0.1) is 6.04 Å². The first-order chi connectivity index (χ1) is 7.15. The van der Waals surface area contributed by atoms with Crippen LogP contribution in [0.2, 0.25) is 0 Å². The summed E-state index contributed by atoms with van der Waals surface area (Å²) in [6.07, 6.45) is 1.75. The standard InChI is InChI=1S/C10H17N3OS/c1-7(6-11-3)9(14)13-8(2)10-12-4-5-15-10/h4-5,7-8,11H,6H2,1-3H3,(H,13,14). The Morgan fingerprint density at radius 1 is 1.60 bits per heavy atom. The van der Waals surface area contributed by atoms with Gasteiger partial charge in [-0.25, -0.2) is 4.98 Å². The van der Waals surface area contributed by atoms with Gasteiger partial charge in [0.15, 0.2) is 0 Å². The summed E-state index contributed by atoms with van der Waals surface area (Å²) in [7, 11) is 1.84. The Labute approximate surface area is 94.1 Å². The fraction of sp³-hybridized carbons (Fsp3) is 0.600. The maximum Gasteiger partial charge on any atom is 0.224 e. The summed E-state index contributed by atoms with van der Waals surface area (Å²) in [5.74, 6) is 0.0458. The van der Waals surface area contributed by atoms with Crippen LogP contribution in [0.25, 0.3) is 0 Å². The molecule has 1 heterocycles. The van der Waals surface area contributed by atoms with Crippen molar-refractivity contribution >= 4 is 17.2 Å². The molecule has 0 aromatic carbocycles. The summed E-state index contributed by atoms with van der Waals surface area (Å²) >= 11 is 1.56. The average Bonchev–Trinajstić information content (AvgIpc) is 2.70. The molecule has 4 nitrogen and oxygen atoms in total. The zero-order valence-electron chi connectivity index (χ0n) is 9.28. The SMILES string of the molecule is CNCC(C)C(=O)NC(C)c1nccs1. The molecule has 0 fully saturated rings. The van der Waals surface area contributed by atoms with E-state index in [1.807, 2.05) is 26.3 Å². The van der Waals surface area contributed by atoms with Gasteiger partial charge in [-0.1, -0.05) is 6.92 Å². The van der Waals surface area contributed by atoms with E-state index in [0.29, 0.717) is 6.54 Å². The van der Waals surface area contributed by atoms with Crippen molar-refractivity contribution in [3.63, 3.8) is 0 Å². The van der Waals surface area contributed by atoms with Gasteiger partial charge < -0.3 is 10.6 Å². The first-order valence-electron chi connectivity index (χ1n) is 4.99. The number of rotatable bonds is 5. The van der Waals surface area contributed by atoms with Gasteiger partial charge >= 0.3 is 0 Å². The lowest BCUT2D eigenvalue weighted by molar-refractivity contribution is -0.125. The molecule has 2 N–H and O–H groups in total. The summed E-state index contributed by atoms with van der Waals surface area (Å²) in [6, 6.07) is -0.00296. The number of hydrogen-bond acceptors (Lipinski definition) is 4. The van der Waals surface area contributed by atoms with Crippen molar-refractivity contribution in [1.82, 2.24) is 15.6 Å². The van der Waals surface area contributed by atoms with E-state index >= 15 is 0 Å². The second-order valence-corrected chi connectivity index (χ2v) is 4.49. The minimum atomic E-state index is -0.0163. The number of thiazole rings is 1. The van der Waals surface area contributed by atoms with Crippen LogP contribution in [0, 0.1) is 5.92 Å². The normalized spacial score (nSPS) is 14.6. The summed E-state index contributed by atoms with van der Waals surface area (Å²) in [4.78, 5) is 15.8. The van der Waals surface area contributed by atoms with E-state index in [4.69, 9.17) is 0 Å². The number of carbonyl (C=O) groups is 1. The third-order valence-corrected chi connectivity index (χ3v) is 3.10. The van der Waals surface area contributed by atoms with Crippen molar-refractivity contribution in [3.05, 3.63) is 16.6 Å². The number of hydrogen-bond donors (Lipinski definition) is 2. The summed E-state index contributed by atoms with van der Waals surface area (Å²) in [6.45, 7) is 4.54. The molecule has 0 aliphatic carbocycles. The molecule has 1 amide bonds. The minimum Gasteiger partial charge on any atom is -0.347 e. The zero-order chi connectivity index (χ0) is 11.3. The Kier molecular flexibility index (Phi) is 4.71. The Morgan fingerprint density at radius 3 is 2.87 bits per heavy atom. The predicted molar refractivity (Wildman–Crippen MR) is 61.8 cm³/mol. The second-order valence-electron chi connectivity index (χ2n) is 3.56. The Balaban J connectivity index is 2.44. The van der Waals surface area contributed by atoms with Gasteiger partial charge in [0, 0.05) is 24.0 Å². The molecular formula is C10H17N3OS. The number of aromatic nitrogens is 1.